The first-order valence-corrected chi connectivity index (χ1v) is 6.90. The van der Waals surface area contributed by atoms with E-state index in [0.29, 0.717) is 0 Å². The lowest BCUT2D eigenvalue weighted by molar-refractivity contribution is 0.393. The molecular formula is C17H19NO3. The zero-order chi connectivity index (χ0) is 14.8. The second-order valence-electron chi connectivity index (χ2n) is 5.07. The van der Waals surface area contributed by atoms with Crippen LogP contribution in [0.15, 0.2) is 36.4 Å². The van der Waals surface area contributed by atoms with Gasteiger partial charge in [-0.1, -0.05) is 6.07 Å². The quantitative estimate of drug-likeness (QED) is 0.934. The molecule has 21 heavy (non-hydrogen) atoms. The monoisotopic (exact) mass is 285 g/mol. The lowest BCUT2D eigenvalue weighted by atomic mass is 10.0. The first-order valence-electron chi connectivity index (χ1n) is 6.90. The summed E-state index contributed by atoms with van der Waals surface area (Å²) in [5.74, 6) is 2.48. The van der Waals surface area contributed by atoms with Crippen LogP contribution in [-0.2, 0) is 6.42 Å². The van der Waals surface area contributed by atoms with Crippen molar-refractivity contribution in [1.82, 2.24) is 0 Å². The van der Waals surface area contributed by atoms with E-state index >= 15 is 0 Å². The van der Waals surface area contributed by atoms with E-state index in [1.54, 1.807) is 21.3 Å². The molecule has 0 spiro atoms. The first kappa shape index (κ1) is 13.6. The summed E-state index contributed by atoms with van der Waals surface area (Å²) in [6.45, 7) is 0. The van der Waals surface area contributed by atoms with Gasteiger partial charge in [0.05, 0.1) is 27.4 Å². The number of benzene rings is 2. The maximum absolute atomic E-state index is 5.34. The fourth-order valence-electron chi connectivity index (χ4n) is 2.69. The predicted molar refractivity (Wildman–Crippen MR) is 82.6 cm³/mol. The second-order valence-corrected chi connectivity index (χ2v) is 5.07. The summed E-state index contributed by atoms with van der Waals surface area (Å²) >= 11 is 0. The highest BCUT2D eigenvalue weighted by Crippen LogP contribution is 2.38. The molecule has 2 aromatic carbocycles. The Bertz CT molecular complexity index is 632. The molecule has 2 aromatic rings. The number of ether oxygens (including phenoxy) is 3. The Morgan fingerprint density at radius 2 is 1.52 bits per heavy atom. The highest BCUT2D eigenvalue weighted by molar-refractivity contribution is 5.61. The van der Waals surface area contributed by atoms with Gasteiger partial charge in [0.2, 0.25) is 0 Å². The Kier molecular flexibility index (Phi) is 3.60. The number of methoxy groups -OCH3 is 3. The van der Waals surface area contributed by atoms with E-state index in [0.717, 1.165) is 34.9 Å². The minimum absolute atomic E-state index is 0.219. The lowest BCUT2D eigenvalue weighted by Gasteiger charge is -2.14. The molecule has 4 heteroatoms. The van der Waals surface area contributed by atoms with Gasteiger partial charge >= 0.3 is 0 Å². The van der Waals surface area contributed by atoms with Gasteiger partial charge in [0.25, 0.3) is 0 Å². The van der Waals surface area contributed by atoms with E-state index in [1.807, 2.05) is 30.3 Å². The highest BCUT2D eigenvalue weighted by Gasteiger charge is 2.23. The molecule has 3 rings (SSSR count). The average Bonchev–Trinajstić information content (AvgIpc) is 2.97. The van der Waals surface area contributed by atoms with Gasteiger partial charge in [-0.15, -0.1) is 0 Å². The van der Waals surface area contributed by atoms with Crippen LogP contribution in [0.2, 0.25) is 0 Å². The van der Waals surface area contributed by atoms with Gasteiger partial charge in [0.15, 0.2) is 0 Å². The molecule has 0 aliphatic carbocycles. The van der Waals surface area contributed by atoms with Crippen LogP contribution in [0.5, 0.6) is 17.2 Å². The molecule has 1 aliphatic heterocycles. The predicted octanol–water partition coefficient (Wildman–Crippen LogP) is 3.42. The number of hydrogen-bond donors (Lipinski definition) is 1. The topological polar surface area (TPSA) is 39.7 Å². The molecule has 0 saturated carbocycles. The van der Waals surface area contributed by atoms with E-state index in [9.17, 15) is 0 Å². The summed E-state index contributed by atoms with van der Waals surface area (Å²) in [7, 11) is 5.02. The normalized spacial score (nSPS) is 16.0. The smallest absolute Gasteiger partial charge is 0.122 e. The van der Waals surface area contributed by atoms with Crippen molar-refractivity contribution in [2.45, 2.75) is 12.5 Å². The van der Waals surface area contributed by atoms with E-state index in [1.165, 1.54) is 5.56 Å². The summed E-state index contributed by atoms with van der Waals surface area (Å²) < 4.78 is 16.0. The van der Waals surface area contributed by atoms with Crippen LogP contribution in [0.4, 0.5) is 5.69 Å². The van der Waals surface area contributed by atoms with Gasteiger partial charge in [-0.3, -0.25) is 0 Å². The molecule has 1 unspecified atom stereocenters. The van der Waals surface area contributed by atoms with Crippen molar-refractivity contribution in [1.29, 1.82) is 0 Å². The maximum Gasteiger partial charge on any atom is 0.122 e. The molecule has 0 amide bonds. The zero-order valence-electron chi connectivity index (χ0n) is 12.5. The van der Waals surface area contributed by atoms with Crippen LogP contribution in [0, 0.1) is 0 Å². The standard InChI is InChI=1S/C17H19NO3/c1-19-13-5-4-11-8-16(18-17(11)10-13)12-6-14(20-2)9-15(7-12)21-3/h4-7,9-10,16,18H,8H2,1-3H3. The molecular weight excluding hydrogens is 266 g/mol. The molecule has 1 heterocycles. The van der Waals surface area contributed by atoms with Crippen molar-refractivity contribution in [2.75, 3.05) is 26.6 Å². The minimum atomic E-state index is 0.219. The van der Waals surface area contributed by atoms with Gasteiger partial charge in [-0.2, -0.15) is 0 Å². The Morgan fingerprint density at radius 1 is 0.857 bits per heavy atom. The molecule has 1 aliphatic rings. The summed E-state index contributed by atoms with van der Waals surface area (Å²) in [4.78, 5) is 0. The molecule has 0 fully saturated rings. The van der Waals surface area contributed by atoms with Crippen LogP contribution in [0.3, 0.4) is 0 Å². The van der Waals surface area contributed by atoms with Gasteiger partial charge in [-0.05, 0) is 35.7 Å². The minimum Gasteiger partial charge on any atom is -0.497 e. The second kappa shape index (κ2) is 5.56. The van der Waals surface area contributed by atoms with E-state index in [4.69, 9.17) is 14.2 Å². The van der Waals surface area contributed by atoms with Crippen LogP contribution in [0.1, 0.15) is 17.2 Å². The third-order valence-electron chi connectivity index (χ3n) is 3.85. The molecule has 1 N–H and O–H groups in total. The van der Waals surface area contributed by atoms with Crippen molar-refractivity contribution < 1.29 is 14.2 Å². The molecule has 0 aromatic heterocycles. The largest absolute Gasteiger partial charge is 0.497 e. The average molecular weight is 285 g/mol. The Labute approximate surface area is 124 Å². The van der Waals surface area contributed by atoms with Crippen LogP contribution in [0.25, 0.3) is 0 Å². The Balaban J connectivity index is 1.90. The molecule has 4 nitrogen and oxygen atoms in total. The maximum atomic E-state index is 5.34. The number of hydrogen-bond acceptors (Lipinski definition) is 4. The van der Waals surface area contributed by atoms with Crippen LogP contribution >= 0.6 is 0 Å². The molecule has 110 valence electrons. The highest BCUT2D eigenvalue weighted by atomic mass is 16.5. The zero-order valence-corrected chi connectivity index (χ0v) is 12.5. The van der Waals surface area contributed by atoms with Crippen molar-refractivity contribution in [3.05, 3.63) is 47.5 Å². The van der Waals surface area contributed by atoms with Crippen molar-refractivity contribution in [3.8, 4) is 17.2 Å². The van der Waals surface area contributed by atoms with E-state index in [-0.39, 0.29) is 6.04 Å². The molecule has 1 atom stereocenters. The third-order valence-corrected chi connectivity index (χ3v) is 3.85. The third kappa shape index (κ3) is 2.61. The van der Waals surface area contributed by atoms with Crippen LogP contribution < -0.4 is 19.5 Å². The lowest BCUT2D eigenvalue weighted by Crippen LogP contribution is -2.06. The van der Waals surface area contributed by atoms with E-state index in [2.05, 4.69) is 11.4 Å². The Morgan fingerprint density at radius 3 is 2.14 bits per heavy atom. The van der Waals surface area contributed by atoms with Crippen molar-refractivity contribution in [2.24, 2.45) is 0 Å². The number of anilines is 1. The van der Waals surface area contributed by atoms with Gasteiger partial charge in [0, 0.05) is 17.8 Å². The fraction of sp³-hybridized carbons (Fsp3) is 0.294. The SMILES string of the molecule is COc1cc(OC)cc(C2Cc3ccc(OC)cc3N2)c1. The van der Waals surface area contributed by atoms with Gasteiger partial charge in [0.1, 0.15) is 17.2 Å². The van der Waals surface area contributed by atoms with Crippen molar-refractivity contribution >= 4 is 5.69 Å². The number of fused-ring (bicyclic) bond motifs is 1. The van der Waals surface area contributed by atoms with Gasteiger partial charge < -0.3 is 19.5 Å². The van der Waals surface area contributed by atoms with Crippen LogP contribution in [-0.4, -0.2) is 21.3 Å². The summed E-state index contributed by atoms with van der Waals surface area (Å²) in [6.07, 6.45) is 0.940. The van der Waals surface area contributed by atoms with Gasteiger partial charge in [-0.25, -0.2) is 0 Å². The number of rotatable bonds is 4. The Hall–Kier alpha value is -2.36. The molecule has 0 radical (unpaired) electrons. The molecule has 0 bridgehead atoms. The van der Waals surface area contributed by atoms with Crippen molar-refractivity contribution in [3.63, 3.8) is 0 Å². The summed E-state index contributed by atoms with van der Waals surface area (Å²) in [6, 6.07) is 12.3. The number of nitrogens with one attached hydrogen (secondary N) is 1. The van der Waals surface area contributed by atoms with E-state index < -0.39 is 0 Å². The summed E-state index contributed by atoms with van der Waals surface area (Å²) in [5.41, 5.74) is 3.57. The summed E-state index contributed by atoms with van der Waals surface area (Å²) in [5, 5.41) is 3.54. The molecule has 0 saturated heterocycles. The fourth-order valence-corrected chi connectivity index (χ4v) is 2.69. The first-order chi connectivity index (χ1) is 10.2.